The molecule has 1 aromatic heterocycles. The Morgan fingerprint density at radius 1 is 1.38 bits per heavy atom. The highest BCUT2D eigenvalue weighted by Gasteiger charge is 2.17. The smallest absolute Gasteiger partial charge is 0.274 e. The van der Waals surface area contributed by atoms with E-state index in [2.05, 4.69) is 11.7 Å². The molecule has 2 rings (SSSR count). The number of benzene rings is 1. The molecule has 5 heteroatoms. The molecule has 0 spiro atoms. The number of aromatic nitrogens is 2. The van der Waals surface area contributed by atoms with E-state index in [0.717, 1.165) is 11.3 Å². The van der Waals surface area contributed by atoms with Gasteiger partial charge in [0.05, 0.1) is 11.4 Å². The van der Waals surface area contributed by atoms with Crippen LogP contribution in [-0.4, -0.2) is 33.7 Å². The van der Waals surface area contributed by atoms with E-state index in [-0.39, 0.29) is 5.91 Å². The lowest BCUT2D eigenvalue weighted by atomic mass is 10.3. The topological polar surface area (TPSA) is 64.2 Å². The lowest BCUT2D eigenvalue weighted by molar-refractivity contribution is 0.0772. The molecule has 0 saturated carbocycles. The first kappa shape index (κ1) is 14.8. The van der Waals surface area contributed by atoms with Crippen molar-refractivity contribution >= 4 is 11.6 Å². The Morgan fingerprint density at radius 3 is 2.71 bits per heavy atom. The zero-order chi connectivity index (χ0) is 15.4. The fraction of sp³-hybridized carbons (Fsp3) is 0.250. The third-order valence-electron chi connectivity index (χ3n) is 3.12. The monoisotopic (exact) mass is 284 g/mol. The Bertz CT molecular complexity index is 660. The van der Waals surface area contributed by atoms with Crippen LogP contribution in [0.15, 0.2) is 48.7 Å². The number of para-hydroxylation sites is 2. The molecule has 0 aliphatic carbocycles. The molecular weight excluding hydrogens is 264 g/mol. The van der Waals surface area contributed by atoms with E-state index in [0.29, 0.717) is 24.5 Å². The lowest BCUT2D eigenvalue weighted by Crippen LogP contribution is -2.32. The molecule has 0 fully saturated rings. The summed E-state index contributed by atoms with van der Waals surface area (Å²) < 4.78 is 1.62. The number of rotatable bonds is 5. The van der Waals surface area contributed by atoms with Gasteiger partial charge in [-0.2, -0.15) is 5.10 Å². The molecule has 110 valence electrons. The van der Waals surface area contributed by atoms with E-state index in [1.807, 2.05) is 32.0 Å². The number of amides is 1. The van der Waals surface area contributed by atoms with Crippen molar-refractivity contribution in [2.24, 2.45) is 0 Å². The highest BCUT2D eigenvalue weighted by molar-refractivity contribution is 5.92. The standard InChI is InChI=1S/C16H20N4O/c1-4-19(11-12(2)3)16(21)14-9-10-20(18-14)15-8-6-5-7-13(15)17/h5-10H,2,4,11,17H2,1,3H3. The molecular formula is C16H20N4O. The zero-order valence-electron chi connectivity index (χ0n) is 12.4. The van der Waals surface area contributed by atoms with Gasteiger partial charge in [0.25, 0.3) is 5.91 Å². The minimum atomic E-state index is -0.103. The largest absolute Gasteiger partial charge is 0.397 e. The molecule has 0 aliphatic heterocycles. The second-order valence-corrected chi connectivity index (χ2v) is 4.98. The Kier molecular flexibility index (Phi) is 4.42. The molecule has 0 aliphatic rings. The van der Waals surface area contributed by atoms with Crippen LogP contribution in [0.2, 0.25) is 0 Å². The van der Waals surface area contributed by atoms with Crippen LogP contribution in [0.3, 0.4) is 0 Å². The third-order valence-corrected chi connectivity index (χ3v) is 3.12. The van der Waals surface area contributed by atoms with Crippen molar-refractivity contribution in [2.75, 3.05) is 18.8 Å². The summed E-state index contributed by atoms with van der Waals surface area (Å²) >= 11 is 0. The number of hydrogen-bond donors (Lipinski definition) is 1. The summed E-state index contributed by atoms with van der Waals surface area (Å²) in [7, 11) is 0. The minimum absolute atomic E-state index is 0.103. The molecule has 1 heterocycles. The van der Waals surface area contributed by atoms with Crippen molar-refractivity contribution in [3.05, 3.63) is 54.4 Å². The normalized spacial score (nSPS) is 10.4. The van der Waals surface area contributed by atoms with Gasteiger partial charge in [-0.3, -0.25) is 4.79 Å². The van der Waals surface area contributed by atoms with E-state index < -0.39 is 0 Å². The fourth-order valence-electron chi connectivity index (χ4n) is 2.08. The Morgan fingerprint density at radius 2 is 2.10 bits per heavy atom. The number of nitrogen functional groups attached to an aromatic ring is 1. The first-order valence-corrected chi connectivity index (χ1v) is 6.87. The Hall–Kier alpha value is -2.56. The quantitative estimate of drug-likeness (QED) is 0.677. The minimum Gasteiger partial charge on any atom is -0.397 e. The van der Waals surface area contributed by atoms with E-state index >= 15 is 0 Å². The summed E-state index contributed by atoms with van der Waals surface area (Å²) in [6.45, 7) is 8.84. The van der Waals surface area contributed by atoms with Gasteiger partial charge in [-0.1, -0.05) is 24.3 Å². The van der Waals surface area contributed by atoms with Gasteiger partial charge in [0, 0.05) is 19.3 Å². The van der Waals surface area contributed by atoms with Crippen LogP contribution >= 0.6 is 0 Å². The van der Waals surface area contributed by atoms with E-state index in [1.54, 1.807) is 27.9 Å². The second-order valence-electron chi connectivity index (χ2n) is 4.98. The van der Waals surface area contributed by atoms with Crippen molar-refractivity contribution in [3.63, 3.8) is 0 Å². The van der Waals surface area contributed by atoms with Crippen molar-refractivity contribution in [1.29, 1.82) is 0 Å². The van der Waals surface area contributed by atoms with Gasteiger partial charge in [-0.25, -0.2) is 4.68 Å². The second kappa shape index (κ2) is 6.26. The predicted molar refractivity (Wildman–Crippen MR) is 84.4 cm³/mol. The average Bonchev–Trinajstić information content (AvgIpc) is 2.94. The van der Waals surface area contributed by atoms with Gasteiger partial charge in [0.2, 0.25) is 0 Å². The summed E-state index contributed by atoms with van der Waals surface area (Å²) in [4.78, 5) is 14.1. The Labute approximate surface area is 124 Å². The first-order valence-electron chi connectivity index (χ1n) is 6.87. The molecule has 1 aromatic carbocycles. The first-order chi connectivity index (χ1) is 10.0. The maximum atomic E-state index is 12.4. The van der Waals surface area contributed by atoms with Crippen LogP contribution in [0.1, 0.15) is 24.3 Å². The molecule has 0 atom stereocenters. The molecule has 1 amide bonds. The van der Waals surface area contributed by atoms with Gasteiger partial charge >= 0.3 is 0 Å². The molecule has 0 radical (unpaired) electrons. The molecule has 0 unspecified atom stereocenters. The number of nitrogens with two attached hydrogens (primary N) is 1. The molecule has 2 N–H and O–H groups in total. The van der Waals surface area contributed by atoms with E-state index in [4.69, 9.17) is 5.73 Å². The number of hydrogen-bond acceptors (Lipinski definition) is 3. The number of nitrogens with zero attached hydrogens (tertiary/aromatic N) is 3. The molecule has 5 nitrogen and oxygen atoms in total. The highest BCUT2D eigenvalue weighted by atomic mass is 16.2. The SMILES string of the molecule is C=C(C)CN(CC)C(=O)c1ccn(-c2ccccc2N)n1. The molecule has 2 aromatic rings. The number of carbonyl (C=O) groups is 1. The van der Waals surface area contributed by atoms with Gasteiger partial charge < -0.3 is 10.6 Å². The average molecular weight is 284 g/mol. The number of anilines is 1. The summed E-state index contributed by atoms with van der Waals surface area (Å²) in [6.07, 6.45) is 1.74. The summed E-state index contributed by atoms with van der Waals surface area (Å²) in [5, 5.41) is 4.33. The maximum absolute atomic E-state index is 12.4. The summed E-state index contributed by atoms with van der Waals surface area (Å²) in [5.74, 6) is -0.103. The zero-order valence-corrected chi connectivity index (χ0v) is 12.4. The van der Waals surface area contributed by atoms with Gasteiger partial charge in [0.1, 0.15) is 0 Å². The summed E-state index contributed by atoms with van der Waals surface area (Å²) in [6, 6.07) is 9.12. The van der Waals surface area contributed by atoms with Crippen molar-refractivity contribution in [1.82, 2.24) is 14.7 Å². The van der Waals surface area contributed by atoms with Crippen molar-refractivity contribution in [2.45, 2.75) is 13.8 Å². The molecule has 0 bridgehead atoms. The van der Waals surface area contributed by atoms with Crippen molar-refractivity contribution in [3.8, 4) is 5.69 Å². The highest BCUT2D eigenvalue weighted by Crippen LogP contribution is 2.16. The van der Waals surface area contributed by atoms with Crippen LogP contribution in [-0.2, 0) is 0 Å². The van der Waals surface area contributed by atoms with Crippen LogP contribution in [0.25, 0.3) is 5.69 Å². The predicted octanol–water partition coefficient (Wildman–Crippen LogP) is 2.49. The molecule has 0 saturated heterocycles. The van der Waals surface area contributed by atoms with E-state index in [1.165, 1.54) is 0 Å². The van der Waals surface area contributed by atoms with E-state index in [9.17, 15) is 4.79 Å². The van der Waals surface area contributed by atoms with Crippen LogP contribution in [0.4, 0.5) is 5.69 Å². The third kappa shape index (κ3) is 3.31. The van der Waals surface area contributed by atoms with Gasteiger partial charge in [0.15, 0.2) is 5.69 Å². The summed E-state index contributed by atoms with van der Waals surface area (Å²) in [5.41, 5.74) is 8.65. The fourth-order valence-corrected chi connectivity index (χ4v) is 2.08. The van der Waals surface area contributed by atoms with Gasteiger partial charge in [-0.15, -0.1) is 0 Å². The van der Waals surface area contributed by atoms with Crippen LogP contribution in [0.5, 0.6) is 0 Å². The molecule has 21 heavy (non-hydrogen) atoms. The van der Waals surface area contributed by atoms with Gasteiger partial charge in [-0.05, 0) is 32.0 Å². The van der Waals surface area contributed by atoms with Crippen LogP contribution < -0.4 is 5.73 Å². The maximum Gasteiger partial charge on any atom is 0.274 e. The number of likely N-dealkylation sites (N-methyl/N-ethyl adjacent to an activating group) is 1. The van der Waals surface area contributed by atoms with Crippen molar-refractivity contribution < 1.29 is 4.79 Å². The number of carbonyl (C=O) groups excluding carboxylic acids is 1. The Balaban J connectivity index is 2.25. The lowest BCUT2D eigenvalue weighted by Gasteiger charge is -2.19. The van der Waals surface area contributed by atoms with Crippen LogP contribution in [0, 0.1) is 0 Å².